The highest BCUT2D eigenvalue weighted by atomic mass is 35.5. The summed E-state index contributed by atoms with van der Waals surface area (Å²) >= 11 is 17.6. The summed E-state index contributed by atoms with van der Waals surface area (Å²) < 4.78 is 25.7. The van der Waals surface area contributed by atoms with Crippen molar-refractivity contribution in [2.75, 3.05) is 0 Å². The maximum atomic E-state index is 12.9. The van der Waals surface area contributed by atoms with Gasteiger partial charge in [-0.15, -0.1) is 0 Å². The van der Waals surface area contributed by atoms with E-state index in [1.165, 1.54) is 12.1 Å². The lowest BCUT2D eigenvalue weighted by Gasteiger charge is -2.45. The molecule has 1 saturated carbocycles. The van der Waals surface area contributed by atoms with Crippen LogP contribution in [0.15, 0.2) is 12.1 Å². The van der Waals surface area contributed by atoms with Crippen molar-refractivity contribution in [1.29, 1.82) is 0 Å². The lowest BCUT2D eigenvalue weighted by atomic mass is 9.70. The predicted molar refractivity (Wildman–Crippen MR) is 61.5 cm³/mol. The van der Waals surface area contributed by atoms with Gasteiger partial charge in [-0.2, -0.15) is 0 Å². The van der Waals surface area contributed by atoms with Crippen molar-refractivity contribution >= 4 is 34.8 Å². The Morgan fingerprint density at radius 3 is 1.88 bits per heavy atom. The van der Waals surface area contributed by atoms with Gasteiger partial charge in [0.05, 0.1) is 5.54 Å². The molecule has 0 amide bonds. The molecule has 0 heterocycles. The first-order valence-corrected chi connectivity index (χ1v) is 5.69. The van der Waals surface area contributed by atoms with Crippen molar-refractivity contribution in [1.82, 2.24) is 0 Å². The van der Waals surface area contributed by atoms with Gasteiger partial charge in [-0.3, -0.25) is 0 Å². The Kier molecular flexibility index (Phi) is 2.86. The highest BCUT2D eigenvalue weighted by Gasteiger charge is 2.56. The molecule has 0 aliphatic heterocycles. The van der Waals surface area contributed by atoms with Crippen LogP contribution in [0.1, 0.15) is 18.4 Å². The molecule has 1 aromatic rings. The molecule has 1 aliphatic rings. The molecule has 0 spiro atoms. The Hall–Kier alpha value is -0.0900. The third kappa shape index (κ3) is 2.02. The topological polar surface area (TPSA) is 26.0 Å². The first kappa shape index (κ1) is 12.4. The standard InChI is InChI=1S/C10H8Cl3F2N/c11-5-1-6(12)8(7(13)2-5)9(16)3-10(14,15)4-9/h1-2H,3-4,16H2. The van der Waals surface area contributed by atoms with Gasteiger partial charge in [0, 0.05) is 33.5 Å². The van der Waals surface area contributed by atoms with E-state index >= 15 is 0 Å². The number of halogens is 5. The molecule has 0 bridgehead atoms. The summed E-state index contributed by atoms with van der Waals surface area (Å²) in [5.41, 5.74) is 5.06. The molecule has 1 aliphatic carbocycles. The second-order valence-electron chi connectivity index (χ2n) is 4.11. The Bertz CT molecular complexity index is 417. The summed E-state index contributed by atoms with van der Waals surface area (Å²) in [5.74, 6) is -2.74. The Morgan fingerprint density at radius 1 is 1.06 bits per heavy atom. The Labute approximate surface area is 106 Å². The van der Waals surface area contributed by atoms with Gasteiger partial charge in [-0.25, -0.2) is 8.78 Å². The molecule has 6 heteroatoms. The van der Waals surface area contributed by atoms with Crippen molar-refractivity contribution in [3.8, 4) is 0 Å². The number of benzene rings is 1. The summed E-state index contributed by atoms with van der Waals surface area (Å²) in [4.78, 5) is 0. The quantitative estimate of drug-likeness (QED) is 0.821. The zero-order valence-electron chi connectivity index (χ0n) is 8.04. The van der Waals surface area contributed by atoms with E-state index in [-0.39, 0.29) is 10.0 Å². The SMILES string of the molecule is NC1(c2c(Cl)cc(Cl)cc2Cl)CC(F)(F)C1. The fraction of sp³-hybridized carbons (Fsp3) is 0.400. The highest BCUT2D eigenvalue weighted by molar-refractivity contribution is 6.39. The zero-order valence-corrected chi connectivity index (χ0v) is 10.3. The molecule has 88 valence electrons. The summed E-state index contributed by atoms with van der Waals surface area (Å²) in [5, 5.41) is 0.819. The van der Waals surface area contributed by atoms with Gasteiger partial charge >= 0.3 is 0 Å². The van der Waals surface area contributed by atoms with Gasteiger partial charge in [0.2, 0.25) is 0 Å². The van der Waals surface area contributed by atoms with Crippen LogP contribution in [0.3, 0.4) is 0 Å². The minimum atomic E-state index is -2.74. The van der Waals surface area contributed by atoms with Gasteiger partial charge in [0.1, 0.15) is 0 Å². The van der Waals surface area contributed by atoms with Gasteiger partial charge in [-0.05, 0) is 12.1 Å². The lowest BCUT2D eigenvalue weighted by molar-refractivity contribution is -0.125. The number of hydrogen-bond donors (Lipinski definition) is 1. The number of rotatable bonds is 1. The minimum Gasteiger partial charge on any atom is -0.321 e. The van der Waals surface area contributed by atoms with E-state index < -0.39 is 24.3 Å². The van der Waals surface area contributed by atoms with Crippen molar-refractivity contribution < 1.29 is 8.78 Å². The third-order valence-corrected chi connectivity index (χ3v) is 3.47. The summed E-state index contributed by atoms with van der Waals surface area (Å²) in [6.07, 6.45) is -0.887. The van der Waals surface area contributed by atoms with Gasteiger partial charge in [0.15, 0.2) is 0 Å². The molecule has 0 saturated heterocycles. The van der Waals surface area contributed by atoms with E-state index in [1.807, 2.05) is 0 Å². The van der Waals surface area contributed by atoms with Crippen LogP contribution in [0.2, 0.25) is 15.1 Å². The lowest BCUT2D eigenvalue weighted by Crippen LogP contribution is -2.55. The minimum absolute atomic E-state index is 0.232. The largest absolute Gasteiger partial charge is 0.321 e. The predicted octanol–water partition coefficient (Wildman–Crippen LogP) is 4.23. The molecule has 0 atom stereocenters. The van der Waals surface area contributed by atoms with Crippen LogP contribution in [0, 0.1) is 0 Å². The molecule has 1 fully saturated rings. The van der Waals surface area contributed by atoms with Crippen LogP contribution in [0.4, 0.5) is 8.78 Å². The van der Waals surface area contributed by atoms with E-state index in [0.717, 1.165) is 0 Å². The fourth-order valence-electron chi connectivity index (χ4n) is 2.07. The molecular formula is C10H8Cl3F2N. The summed E-state index contributed by atoms with van der Waals surface area (Å²) in [6, 6.07) is 2.91. The second-order valence-corrected chi connectivity index (χ2v) is 5.36. The van der Waals surface area contributed by atoms with E-state index in [2.05, 4.69) is 0 Å². The number of hydrogen-bond acceptors (Lipinski definition) is 1. The van der Waals surface area contributed by atoms with Crippen molar-refractivity contribution in [2.24, 2.45) is 5.73 Å². The molecule has 16 heavy (non-hydrogen) atoms. The van der Waals surface area contributed by atoms with Crippen LogP contribution < -0.4 is 5.73 Å². The smallest absolute Gasteiger partial charge is 0.252 e. The van der Waals surface area contributed by atoms with E-state index in [1.54, 1.807) is 0 Å². The van der Waals surface area contributed by atoms with Gasteiger partial charge in [-0.1, -0.05) is 34.8 Å². The number of alkyl halides is 2. The monoisotopic (exact) mass is 285 g/mol. The highest BCUT2D eigenvalue weighted by Crippen LogP contribution is 2.53. The first-order chi connectivity index (χ1) is 7.23. The normalized spacial score (nSPS) is 21.6. The van der Waals surface area contributed by atoms with E-state index in [4.69, 9.17) is 40.5 Å². The molecule has 0 radical (unpaired) electrons. The summed E-state index contributed by atoms with van der Waals surface area (Å²) in [7, 11) is 0. The van der Waals surface area contributed by atoms with Crippen LogP contribution in [0.5, 0.6) is 0 Å². The van der Waals surface area contributed by atoms with Gasteiger partial charge in [0.25, 0.3) is 5.92 Å². The van der Waals surface area contributed by atoms with E-state index in [0.29, 0.717) is 10.6 Å². The Balaban J connectivity index is 2.43. The van der Waals surface area contributed by atoms with Crippen LogP contribution in [0.25, 0.3) is 0 Å². The van der Waals surface area contributed by atoms with E-state index in [9.17, 15) is 8.78 Å². The summed E-state index contributed by atoms with van der Waals surface area (Å²) in [6.45, 7) is 0. The first-order valence-electron chi connectivity index (χ1n) is 4.55. The van der Waals surface area contributed by atoms with Crippen LogP contribution in [-0.4, -0.2) is 5.92 Å². The molecule has 0 aromatic heterocycles. The Morgan fingerprint density at radius 2 is 1.50 bits per heavy atom. The third-order valence-electron chi connectivity index (χ3n) is 2.65. The van der Waals surface area contributed by atoms with Crippen molar-refractivity contribution in [3.05, 3.63) is 32.8 Å². The molecule has 2 rings (SSSR count). The molecule has 1 aromatic carbocycles. The second kappa shape index (κ2) is 3.70. The van der Waals surface area contributed by atoms with Crippen LogP contribution >= 0.6 is 34.8 Å². The zero-order chi connectivity index (χ0) is 12.1. The molecule has 1 nitrogen and oxygen atoms in total. The average Bonchev–Trinajstić information content (AvgIpc) is 1.95. The molecule has 2 N–H and O–H groups in total. The number of nitrogens with two attached hydrogens (primary N) is 1. The van der Waals surface area contributed by atoms with Gasteiger partial charge < -0.3 is 5.73 Å². The van der Waals surface area contributed by atoms with Crippen LogP contribution in [-0.2, 0) is 5.54 Å². The maximum absolute atomic E-state index is 12.9. The fourth-order valence-corrected chi connectivity index (χ4v) is 3.26. The molecule has 0 unspecified atom stereocenters. The maximum Gasteiger partial charge on any atom is 0.252 e. The van der Waals surface area contributed by atoms with Crippen molar-refractivity contribution in [3.63, 3.8) is 0 Å². The molecular weight excluding hydrogens is 278 g/mol. The average molecular weight is 287 g/mol. The van der Waals surface area contributed by atoms with Crippen molar-refractivity contribution in [2.45, 2.75) is 24.3 Å².